The molecule has 2 heterocycles. The van der Waals surface area contributed by atoms with E-state index in [-0.39, 0.29) is 18.5 Å². The summed E-state index contributed by atoms with van der Waals surface area (Å²) < 4.78 is 0. The fourth-order valence-corrected chi connectivity index (χ4v) is 3.59. The Morgan fingerprint density at radius 3 is 2.50 bits per heavy atom. The molecular formula is C21H22N4O. The molecular weight excluding hydrogens is 324 g/mol. The highest BCUT2D eigenvalue weighted by Gasteiger charge is 2.31. The number of H-pyrrole nitrogens is 1. The predicted molar refractivity (Wildman–Crippen MR) is 102 cm³/mol. The molecule has 1 aromatic heterocycles. The van der Waals surface area contributed by atoms with Crippen molar-refractivity contribution in [3.63, 3.8) is 0 Å². The molecule has 0 radical (unpaired) electrons. The van der Waals surface area contributed by atoms with Crippen LogP contribution in [0.5, 0.6) is 0 Å². The Labute approximate surface area is 152 Å². The van der Waals surface area contributed by atoms with Gasteiger partial charge in [-0.05, 0) is 29.5 Å². The first-order valence-electron chi connectivity index (χ1n) is 8.96. The van der Waals surface area contributed by atoms with Gasteiger partial charge in [-0.25, -0.2) is 4.98 Å². The van der Waals surface area contributed by atoms with Crippen LogP contribution in [0.1, 0.15) is 24.7 Å². The van der Waals surface area contributed by atoms with E-state index >= 15 is 0 Å². The van der Waals surface area contributed by atoms with E-state index in [1.807, 2.05) is 29.3 Å². The largest absolute Gasteiger partial charge is 0.340 e. The number of carbonyl (C=O) groups is 1. The minimum absolute atomic E-state index is 0.00314. The number of hydrogen-bond acceptors (Lipinski definition) is 3. The molecule has 0 aliphatic carbocycles. The van der Waals surface area contributed by atoms with Gasteiger partial charge in [-0.2, -0.15) is 0 Å². The van der Waals surface area contributed by atoms with Gasteiger partial charge in [0.25, 0.3) is 0 Å². The summed E-state index contributed by atoms with van der Waals surface area (Å²) in [7, 11) is 0. The summed E-state index contributed by atoms with van der Waals surface area (Å²) >= 11 is 0. The molecule has 2 aromatic carbocycles. The van der Waals surface area contributed by atoms with E-state index in [1.54, 1.807) is 0 Å². The number of rotatable bonds is 4. The molecule has 5 heteroatoms. The van der Waals surface area contributed by atoms with E-state index in [2.05, 4.69) is 46.4 Å². The van der Waals surface area contributed by atoms with Crippen molar-refractivity contribution in [2.24, 2.45) is 5.73 Å². The summed E-state index contributed by atoms with van der Waals surface area (Å²) in [5.41, 5.74) is 9.96. The molecule has 3 aromatic rings. The summed E-state index contributed by atoms with van der Waals surface area (Å²) in [6.07, 6.45) is 3.75. The monoisotopic (exact) mass is 346 g/mol. The van der Waals surface area contributed by atoms with Crippen LogP contribution < -0.4 is 5.73 Å². The Bertz CT molecular complexity index is 886. The van der Waals surface area contributed by atoms with Crippen LogP contribution in [0.15, 0.2) is 60.8 Å². The fourth-order valence-electron chi connectivity index (χ4n) is 3.59. The SMILES string of the molecule is NCC(=O)N1CCCC1c1ncc(-c2ccc(-c3ccccc3)cc2)[nH]1. The third-order valence-corrected chi connectivity index (χ3v) is 4.96. The Kier molecular flexibility index (Phi) is 4.54. The maximum absolute atomic E-state index is 12.0. The number of carbonyl (C=O) groups excluding carboxylic acids is 1. The molecule has 1 aliphatic heterocycles. The van der Waals surface area contributed by atoms with E-state index in [0.29, 0.717) is 0 Å². The molecule has 1 amide bonds. The average molecular weight is 346 g/mol. The Morgan fingerprint density at radius 2 is 1.77 bits per heavy atom. The standard InChI is InChI=1S/C21H22N4O/c22-13-20(26)25-12-4-7-19(25)21-23-14-18(24-21)17-10-8-16(9-11-17)15-5-2-1-3-6-15/h1-3,5-6,8-11,14,19H,4,7,12-13,22H2,(H,23,24). The van der Waals surface area contributed by atoms with Crippen molar-refractivity contribution in [3.05, 3.63) is 66.6 Å². The van der Waals surface area contributed by atoms with Gasteiger partial charge in [-0.3, -0.25) is 4.79 Å². The van der Waals surface area contributed by atoms with Crippen LogP contribution in [-0.4, -0.2) is 33.9 Å². The van der Waals surface area contributed by atoms with Crippen molar-refractivity contribution in [3.8, 4) is 22.4 Å². The molecule has 26 heavy (non-hydrogen) atoms. The number of hydrogen-bond donors (Lipinski definition) is 2. The summed E-state index contributed by atoms with van der Waals surface area (Å²) in [6.45, 7) is 0.799. The fraction of sp³-hybridized carbons (Fsp3) is 0.238. The lowest BCUT2D eigenvalue weighted by Crippen LogP contribution is -2.35. The van der Waals surface area contributed by atoms with Crippen LogP contribution in [0, 0.1) is 0 Å². The highest BCUT2D eigenvalue weighted by atomic mass is 16.2. The zero-order chi connectivity index (χ0) is 17.9. The zero-order valence-corrected chi connectivity index (χ0v) is 14.6. The summed E-state index contributed by atoms with van der Waals surface area (Å²) in [5.74, 6) is 0.823. The average Bonchev–Trinajstić information content (AvgIpc) is 3.37. The highest BCUT2D eigenvalue weighted by Crippen LogP contribution is 2.31. The summed E-state index contributed by atoms with van der Waals surface area (Å²) in [6, 6.07) is 18.7. The smallest absolute Gasteiger partial charge is 0.236 e. The number of nitrogens with two attached hydrogens (primary N) is 1. The van der Waals surface area contributed by atoms with E-state index in [4.69, 9.17) is 5.73 Å². The number of aromatic nitrogens is 2. The second kappa shape index (κ2) is 7.14. The first-order chi connectivity index (χ1) is 12.8. The van der Waals surface area contributed by atoms with Gasteiger partial charge in [0.1, 0.15) is 5.82 Å². The quantitative estimate of drug-likeness (QED) is 0.760. The molecule has 132 valence electrons. The molecule has 1 unspecified atom stereocenters. The number of likely N-dealkylation sites (tertiary alicyclic amines) is 1. The van der Waals surface area contributed by atoms with Crippen molar-refractivity contribution in [1.29, 1.82) is 0 Å². The number of benzene rings is 2. The Morgan fingerprint density at radius 1 is 1.08 bits per heavy atom. The van der Waals surface area contributed by atoms with Crippen LogP contribution in [0.2, 0.25) is 0 Å². The Hall–Kier alpha value is -2.92. The van der Waals surface area contributed by atoms with Crippen molar-refractivity contribution in [1.82, 2.24) is 14.9 Å². The minimum atomic E-state index is -0.0161. The highest BCUT2D eigenvalue weighted by molar-refractivity contribution is 5.78. The van der Waals surface area contributed by atoms with Crippen LogP contribution in [0.25, 0.3) is 22.4 Å². The van der Waals surface area contributed by atoms with Gasteiger partial charge in [0.15, 0.2) is 0 Å². The zero-order valence-electron chi connectivity index (χ0n) is 14.6. The molecule has 0 spiro atoms. The maximum Gasteiger partial charge on any atom is 0.236 e. The van der Waals surface area contributed by atoms with Crippen molar-refractivity contribution in [2.75, 3.05) is 13.1 Å². The van der Waals surface area contributed by atoms with Crippen molar-refractivity contribution < 1.29 is 4.79 Å². The molecule has 1 aliphatic rings. The van der Waals surface area contributed by atoms with Gasteiger partial charge in [0.2, 0.25) is 5.91 Å². The first-order valence-corrected chi connectivity index (χ1v) is 8.96. The lowest BCUT2D eigenvalue weighted by Gasteiger charge is -2.22. The van der Waals surface area contributed by atoms with E-state index < -0.39 is 0 Å². The van der Waals surface area contributed by atoms with Crippen LogP contribution in [0.4, 0.5) is 0 Å². The molecule has 1 saturated heterocycles. The number of nitrogens with zero attached hydrogens (tertiary/aromatic N) is 2. The van der Waals surface area contributed by atoms with E-state index in [0.717, 1.165) is 36.5 Å². The van der Waals surface area contributed by atoms with Gasteiger partial charge >= 0.3 is 0 Å². The van der Waals surface area contributed by atoms with Gasteiger partial charge < -0.3 is 15.6 Å². The molecule has 3 N–H and O–H groups in total. The third-order valence-electron chi connectivity index (χ3n) is 4.96. The number of amides is 1. The van der Waals surface area contributed by atoms with Gasteiger partial charge in [0.05, 0.1) is 24.5 Å². The molecule has 1 fully saturated rings. The van der Waals surface area contributed by atoms with Gasteiger partial charge in [-0.15, -0.1) is 0 Å². The van der Waals surface area contributed by atoms with E-state index in [9.17, 15) is 4.79 Å². The van der Waals surface area contributed by atoms with Crippen LogP contribution in [-0.2, 0) is 4.79 Å². The first kappa shape index (κ1) is 16.5. The second-order valence-corrected chi connectivity index (χ2v) is 6.57. The molecule has 1 atom stereocenters. The lowest BCUT2D eigenvalue weighted by atomic mass is 10.0. The van der Waals surface area contributed by atoms with Crippen molar-refractivity contribution in [2.45, 2.75) is 18.9 Å². The molecule has 0 saturated carbocycles. The van der Waals surface area contributed by atoms with Crippen molar-refractivity contribution >= 4 is 5.91 Å². The predicted octanol–water partition coefficient (Wildman–Crippen LogP) is 3.37. The number of imidazole rings is 1. The summed E-state index contributed by atoms with van der Waals surface area (Å²) in [5, 5.41) is 0. The molecule has 5 nitrogen and oxygen atoms in total. The normalized spacial score (nSPS) is 16.8. The number of aromatic amines is 1. The van der Waals surface area contributed by atoms with Gasteiger partial charge in [0, 0.05) is 6.54 Å². The molecule has 4 rings (SSSR count). The lowest BCUT2D eigenvalue weighted by molar-refractivity contribution is -0.130. The van der Waals surface area contributed by atoms with Crippen LogP contribution in [0.3, 0.4) is 0 Å². The molecule has 0 bridgehead atoms. The topological polar surface area (TPSA) is 75.0 Å². The maximum atomic E-state index is 12.0. The summed E-state index contributed by atoms with van der Waals surface area (Å²) in [4.78, 5) is 21.8. The van der Waals surface area contributed by atoms with Gasteiger partial charge in [-0.1, -0.05) is 54.6 Å². The number of nitrogens with one attached hydrogen (secondary N) is 1. The van der Waals surface area contributed by atoms with Crippen LogP contribution >= 0.6 is 0 Å². The third kappa shape index (κ3) is 3.13. The van der Waals surface area contributed by atoms with E-state index in [1.165, 1.54) is 11.1 Å². The second-order valence-electron chi connectivity index (χ2n) is 6.57. The minimum Gasteiger partial charge on any atom is -0.340 e. The Balaban J connectivity index is 1.55.